The summed E-state index contributed by atoms with van der Waals surface area (Å²) in [7, 11) is 0. The largest absolute Gasteiger partial charge is 0.327 e. The Kier molecular flexibility index (Phi) is 5.06. The summed E-state index contributed by atoms with van der Waals surface area (Å²) in [6.07, 6.45) is 1.04. The van der Waals surface area contributed by atoms with Crippen LogP contribution >= 0.6 is 23.2 Å². The quantitative estimate of drug-likeness (QED) is 0.875. The van der Waals surface area contributed by atoms with Crippen LogP contribution in [0.1, 0.15) is 19.8 Å². The van der Waals surface area contributed by atoms with Gasteiger partial charge in [-0.05, 0) is 18.6 Å². The molecule has 0 fully saturated rings. The lowest BCUT2D eigenvalue weighted by Gasteiger charge is -2.10. The van der Waals surface area contributed by atoms with E-state index < -0.39 is 0 Å². The van der Waals surface area contributed by atoms with E-state index in [9.17, 15) is 4.79 Å². The van der Waals surface area contributed by atoms with E-state index in [0.29, 0.717) is 15.7 Å². The second-order valence-corrected chi connectivity index (χ2v) is 4.31. The van der Waals surface area contributed by atoms with E-state index in [2.05, 4.69) is 5.32 Å². The first-order valence-electron chi connectivity index (χ1n) is 5.04. The molecule has 0 saturated heterocycles. The summed E-state index contributed by atoms with van der Waals surface area (Å²) in [5.74, 6) is -0.154. The Hall–Kier alpha value is -0.770. The Balaban J connectivity index is 2.66. The molecule has 0 aromatic heterocycles. The van der Waals surface area contributed by atoms with E-state index in [-0.39, 0.29) is 18.4 Å². The minimum Gasteiger partial charge on any atom is -0.327 e. The van der Waals surface area contributed by atoms with Crippen molar-refractivity contribution < 1.29 is 4.79 Å². The minimum absolute atomic E-state index is 0.127. The number of benzene rings is 1. The zero-order valence-corrected chi connectivity index (χ0v) is 10.5. The van der Waals surface area contributed by atoms with Gasteiger partial charge in [-0.15, -0.1) is 0 Å². The lowest BCUT2D eigenvalue weighted by atomic mass is 10.1. The smallest absolute Gasteiger partial charge is 0.225 e. The van der Waals surface area contributed by atoms with Gasteiger partial charge in [0.15, 0.2) is 0 Å². The van der Waals surface area contributed by atoms with Crippen molar-refractivity contribution in [2.24, 2.45) is 5.73 Å². The third kappa shape index (κ3) is 3.67. The molecule has 1 rings (SSSR count). The number of carbonyl (C=O) groups is 1. The second kappa shape index (κ2) is 6.09. The van der Waals surface area contributed by atoms with Crippen LogP contribution < -0.4 is 11.1 Å². The molecule has 0 aliphatic heterocycles. The summed E-state index contributed by atoms with van der Waals surface area (Å²) in [5.41, 5.74) is 6.19. The van der Waals surface area contributed by atoms with Gasteiger partial charge < -0.3 is 11.1 Å². The summed E-state index contributed by atoms with van der Waals surface area (Å²) >= 11 is 11.8. The Bertz CT molecular complexity index is 382. The van der Waals surface area contributed by atoms with Crippen molar-refractivity contribution in [3.63, 3.8) is 0 Å². The second-order valence-electron chi connectivity index (χ2n) is 3.52. The van der Waals surface area contributed by atoms with Crippen molar-refractivity contribution in [2.45, 2.75) is 25.8 Å². The first kappa shape index (κ1) is 13.3. The van der Waals surface area contributed by atoms with E-state index in [0.717, 1.165) is 6.42 Å². The van der Waals surface area contributed by atoms with Crippen LogP contribution in [0.4, 0.5) is 5.69 Å². The number of amides is 1. The average Bonchev–Trinajstić information content (AvgIpc) is 2.24. The fourth-order valence-corrected chi connectivity index (χ4v) is 1.53. The van der Waals surface area contributed by atoms with Crippen molar-refractivity contribution in [1.82, 2.24) is 0 Å². The van der Waals surface area contributed by atoms with Crippen molar-refractivity contribution >= 4 is 34.8 Å². The predicted molar refractivity (Wildman–Crippen MR) is 68.0 cm³/mol. The molecular weight excluding hydrogens is 247 g/mol. The van der Waals surface area contributed by atoms with Gasteiger partial charge in [0.05, 0.1) is 15.7 Å². The SMILES string of the molecule is CCC(N)CC(=O)Nc1cccc(Cl)c1Cl. The fraction of sp³-hybridized carbons (Fsp3) is 0.364. The molecule has 0 aliphatic rings. The van der Waals surface area contributed by atoms with Gasteiger partial charge in [-0.3, -0.25) is 4.79 Å². The molecule has 1 amide bonds. The molecule has 0 aliphatic carbocycles. The van der Waals surface area contributed by atoms with E-state index in [4.69, 9.17) is 28.9 Å². The number of halogens is 2. The molecule has 1 aromatic carbocycles. The van der Waals surface area contributed by atoms with Crippen LogP contribution in [-0.2, 0) is 4.79 Å². The molecule has 0 radical (unpaired) electrons. The van der Waals surface area contributed by atoms with Crippen LogP contribution in [0.3, 0.4) is 0 Å². The monoisotopic (exact) mass is 260 g/mol. The number of anilines is 1. The van der Waals surface area contributed by atoms with Crippen LogP contribution in [0.15, 0.2) is 18.2 Å². The van der Waals surface area contributed by atoms with Gasteiger partial charge in [0.2, 0.25) is 5.91 Å². The summed E-state index contributed by atoms with van der Waals surface area (Å²) < 4.78 is 0. The molecule has 3 N–H and O–H groups in total. The Labute approximate surface area is 105 Å². The van der Waals surface area contributed by atoms with Crippen LogP contribution in [0.5, 0.6) is 0 Å². The van der Waals surface area contributed by atoms with Gasteiger partial charge in [-0.1, -0.05) is 36.2 Å². The zero-order valence-electron chi connectivity index (χ0n) is 8.97. The van der Waals surface area contributed by atoms with Gasteiger partial charge in [-0.25, -0.2) is 0 Å². The Morgan fingerprint density at radius 1 is 1.50 bits per heavy atom. The molecular formula is C11H14Cl2N2O. The zero-order chi connectivity index (χ0) is 12.1. The summed E-state index contributed by atoms with van der Waals surface area (Å²) in [5, 5.41) is 3.45. The van der Waals surface area contributed by atoms with Gasteiger partial charge in [0.1, 0.15) is 0 Å². The molecule has 1 aromatic rings. The lowest BCUT2D eigenvalue weighted by Crippen LogP contribution is -2.26. The maximum atomic E-state index is 11.6. The molecule has 16 heavy (non-hydrogen) atoms. The summed E-state index contributed by atoms with van der Waals surface area (Å²) in [6.45, 7) is 1.93. The molecule has 0 heterocycles. The van der Waals surface area contributed by atoms with Crippen LogP contribution in [0, 0.1) is 0 Å². The summed E-state index contributed by atoms with van der Waals surface area (Å²) in [6, 6.07) is 4.96. The highest BCUT2D eigenvalue weighted by Crippen LogP contribution is 2.29. The highest BCUT2D eigenvalue weighted by Gasteiger charge is 2.10. The number of carbonyl (C=O) groups excluding carboxylic acids is 1. The Morgan fingerprint density at radius 2 is 2.19 bits per heavy atom. The van der Waals surface area contributed by atoms with Crippen molar-refractivity contribution in [2.75, 3.05) is 5.32 Å². The topological polar surface area (TPSA) is 55.1 Å². The standard InChI is InChI=1S/C11H14Cl2N2O/c1-2-7(14)6-10(16)15-9-5-3-4-8(12)11(9)13/h3-5,7H,2,6,14H2,1H3,(H,15,16). The first-order valence-corrected chi connectivity index (χ1v) is 5.79. The van der Waals surface area contributed by atoms with Gasteiger partial charge in [-0.2, -0.15) is 0 Å². The van der Waals surface area contributed by atoms with Gasteiger partial charge >= 0.3 is 0 Å². The van der Waals surface area contributed by atoms with Gasteiger partial charge in [0.25, 0.3) is 0 Å². The number of rotatable bonds is 4. The number of hydrogen-bond donors (Lipinski definition) is 2. The van der Waals surface area contributed by atoms with Crippen LogP contribution in [0.2, 0.25) is 10.0 Å². The van der Waals surface area contributed by atoms with E-state index in [1.807, 2.05) is 6.92 Å². The lowest BCUT2D eigenvalue weighted by molar-refractivity contribution is -0.116. The van der Waals surface area contributed by atoms with Crippen molar-refractivity contribution in [3.8, 4) is 0 Å². The van der Waals surface area contributed by atoms with E-state index in [1.54, 1.807) is 18.2 Å². The number of nitrogens with two attached hydrogens (primary N) is 1. The summed E-state index contributed by atoms with van der Waals surface area (Å²) in [4.78, 5) is 11.6. The predicted octanol–water partition coefficient (Wildman–Crippen LogP) is 3.06. The Morgan fingerprint density at radius 3 is 2.81 bits per heavy atom. The maximum absolute atomic E-state index is 11.6. The molecule has 1 unspecified atom stereocenters. The van der Waals surface area contributed by atoms with Crippen molar-refractivity contribution in [1.29, 1.82) is 0 Å². The molecule has 3 nitrogen and oxygen atoms in total. The van der Waals surface area contributed by atoms with Crippen LogP contribution in [-0.4, -0.2) is 11.9 Å². The third-order valence-corrected chi connectivity index (χ3v) is 3.02. The normalized spacial score (nSPS) is 12.2. The van der Waals surface area contributed by atoms with Crippen LogP contribution in [0.25, 0.3) is 0 Å². The molecule has 1 atom stereocenters. The van der Waals surface area contributed by atoms with E-state index >= 15 is 0 Å². The average molecular weight is 261 g/mol. The highest BCUT2D eigenvalue weighted by atomic mass is 35.5. The molecule has 0 spiro atoms. The molecule has 5 heteroatoms. The van der Waals surface area contributed by atoms with Crippen molar-refractivity contribution in [3.05, 3.63) is 28.2 Å². The maximum Gasteiger partial charge on any atom is 0.225 e. The fourth-order valence-electron chi connectivity index (χ4n) is 1.18. The molecule has 0 saturated carbocycles. The third-order valence-electron chi connectivity index (χ3n) is 2.20. The molecule has 0 bridgehead atoms. The molecule has 88 valence electrons. The van der Waals surface area contributed by atoms with E-state index in [1.165, 1.54) is 0 Å². The first-order chi connectivity index (χ1) is 7.54. The highest BCUT2D eigenvalue weighted by molar-refractivity contribution is 6.43. The number of hydrogen-bond acceptors (Lipinski definition) is 2. The number of nitrogens with one attached hydrogen (secondary N) is 1. The minimum atomic E-state index is -0.154. The van der Waals surface area contributed by atoms with Gasteiger partial charge in [0, 0.05) is 12.5 Å².